The Kier molecular flexibility index (Phi) is 5.09. The molecular weight excluding hydrogens is 330 g/mol. The molecule has 0 radical (unpaired) electrons. The van der Waals surface area contributed by atoms with Gasteiger partial charge < -0.3 is 5.32 Å². The summed E-state index contributed by atoms with van der Waals surface area (Å²) in [6.07, 6.45) is 1.70. The third-order valence-electron chi connectivity index (χ3n) is 4.08. The molecule has 0 saturated heterocycles. The summed E-state index contributed by atoms with van der Waals surface area (Å²) in [5.41, 5.74) is 5.79. The fraction of sp³-hybridized carbons (Fsp3) is 0.211. The van der Waals surface area contributed by atoms with E-state index in [2.05, 4.69) is 71.8 Å². The average molecular weight is 351 g/mol. The summed E-state index contributed by atoms with van der Waals surface area (Å²) in [6.45, 7) is 6.89. The van der Waals surface area contributed by atoms with Gasteiger partial charge in [-0.3, -0.25) is 5.32 Å². The van der Waals surface area contributed by atoms with E-state index in [0.717, 1.165) is 5.69 Å². The molecule has 128 valence electrons. The fourth-order valence-corrected chi connectivity index (χ4v) is 2.65. The molecule has 0 unspecified atom stereocenters. The van der Waals surface area contributed by atoms with E-state index < -0.39 is 0 Å². The molecule has 3 rings (SSSR count). The van der Waals surface area contributed by atoms with Crippen LogP contribution in [0.2, 0.25) is 0 Å². The van der Waals surface area contributed by atoms with E-state index in [9.17, 15) is 0 Å². The summed E-state index contributed by atoms with van der Waals surface area (Å²) < 4.78 is 1.79. The van der Waals surface area contributed by atoms with Gasteiger partial charge in [-0.1, -0.05) is 42.0 Å². The Labute approximate surface area is 153 Å². The van der Waals surface area contributed by atoms with Gasteiger partial charge in [-0.2, -0.15) is 0 Å². The van der Waals surface area contributed by atoms with E-state index in [-0.39, 0.29) is 0 Å². The molecule has 1 heterocycles. The average Bonchev–Trinajstić information content (AvgIpc) is 3.01. The Bertz CT molecular complexity index is 883. The predicted molar refractivity (Wildman–Crippen MR) is 106 cm³/mol. The highest BCUT2D eigenvalue weighted by molar-refractivity contribution is 7.80. The van der Waals surface area contributed by atoms with Crippen molar-refractivity contribution in [3.05, 3.63) is 71.0 Å². The third-order valence-corrected chi connectivity index (χ3v) is 4.28. The van der Waals surface area contributed by atoms with Crippen LogP contribution in [0, 0.1) is 20.8 Å². The second-order valence-electron chi connectivity index (χ2n) is 6.08. The predicted octanol–water partition coefficient (Wildman–Crippen LogP) is 4.06. The zero-order valence-corrected chi connectivity index (χ0v) is 15.4. The van der Waals surface area contributed by atoms with E-state index in [4.69, 9.17) is 12.2 Å². The number of aryl methyl sites for hydroxylation is 2. The van der Waals surface area contributed by atoms with Crippen LogP contribution in [0.3, 0.4) is 0 Å². The molecule has 0 aliphatic carbocycles. The van der Waals surface area contributed by atoms with E-state index >= 15 is 0 Å². The quantitative estimate of drug-likeness (QED) is 0.694. The lowest BCUT2D eigenvalue weighted by atomic mass is 10.1. The maximum absolute atomic E-state index is 5.36. The van der Waals surface area contributed by atoms with Crippen LogP contribution >= 0.6 is 12.2 Å². The van der Waals surface area contributed by atoms with Gasteiger partial charge in [0, 0.05) is 5.69 Å². The van der Waals surface area contributed by atoms with Crippen LogP contribution in [0.4, 0.5) is 11.6 Å². The molecule has 0 spiro atoms. The van der Waals surface area contributed by atoms with Gasteiger partial charge in [0.05, 0.1) is 6.54 Å². The van der Waals surface area contributed by atoms with Gasteiger partial charge in [-0.15, -0.1) is 5.10 Å². The highest BCUT2D eigenvalue weighted by Crippen LogP contribution is 2.18. The first-order valence-corrected chi connectivity index (χ1v) is 8.51. The Morgan fingerprint density at radius 2 is 1.80 bits per heavy atom. The topological polar surface area (TPSA) is 54.8 Å². The molecule has 2 aromatic carbocycles. The molecule has 6 heteroatoms. The second-order valence-corrected chi connectivity index (χ2v) is 6.49. The molecule has 25 heavy (non-hydrogen) atoms. The number of anilines is 2. The van der Waals surface area contributed by atoms with E-state index in [1.807, 2.05) is 12.1 Å². The van der Waals surface area contributed by atoms with Crippen molar-refractivity contribution >= 4 is 29.0 Å². The molecule has 0 amide bonds. The molecule has 0 fully saturated rings. The molecule has 0 atom stereocenters. The SMILES string of the molecule is Cc1ccc(Cn2cnc(NC(=S)Nc3cccc(C)c3C)n2)cc1. The minimum atomic E-state index is 0.474. The van der Waals surface area contributed by atoms with Crippen LogP contribution < -0.4 is 10.6 Å². The minimum Gasteiger partial charge on any atom is -0.332 e. The van der Waals surface area contributed by atoms with Gasteiger partial charge >= 0.3 is 0 Å². The first-order valence-electron chi connectivity index (χ1n) is 8.10. The lowest BCUT2D eigenvalue weighted by Crippen LogP contribution is -2.20. The maximum Gasteiger partial charge on any atom is 0.248 e. The van der Waals surface area contributed by atoms with Crippen LogP contribution in [0.15, 0.2) is 48.8 Å². The van der Waals surface area contributed by atoms with Crippen molar-refractivity contribution in [3.63, 3.8) is 0 Å². The summed E-state index contributed by atoms with van der Waals surface area (Å²) in [7, 11) is 0. The number of rotatable bonds is 4. The normalized spacial score (nSPS) is 10.5. The van der Waals surface area contributed by atoms with Crippen molar-refractivity contribution in [2.45, 2.75) is 27.3 Å². The third kappa shape index (κ3) is 4.42. The standard InChI is InChI=1S/C19H21N5S/c1-13-7-9-16(10-8-13)11-24-12-20-18(23-24)22-19(25)21-17-6-4-5-14(2)15(17)3/h4-10,12H,11H2,1-3H3,(H2,21,22,23,25). The molecule has 3 aromatic rings. The van der Waals surface area contributed by atoms with Gasteiger partial charge in [0.1, 0.15) is 6.33 Å². The Morgan fingerprint density at radius 3 is 2.56 bits per heavy atom. The minimum absolute atomic E-state index is 0.474. The summed E-state index contributed by atoms with van der Waals surface area (Å²) in [5.74, 6) is 0.481. The zero-order chi connectivity index (χ0) is 17.8. The zero-order valence-electron chi connectivity index (χ0n) is 14.6. The van der Waals surface area contributed by atoms with Crippen LogP contribution in [0.5, 0.6) is 0 Å². The monoisotopic (exact) mass is 351 g/mol. The van der Waals surface area contributed by atoms with Gasteiger partial charge in [-0.05, 0) is 55.7 Å². The first-order chi connectivity index (χ1) is 12.0. The molecular formula is C19H21N5S. The summed E-state index contributed by atoms with van der Waals surface area (Å²) in [6, 6.07) is 14.4. The van der Waals surface area contributed by atoms with Gasteiger partial charge in [0.15, 0.2) is 5.11 Å². The molecule has 2 N–H and O–H groups in total. The van der Waals surface area contributed by atoms with Crippen molar-refractivity contribution in [1.82, 2.24) is 14.8 Å². The number of hydrogen-bond acceptors (Lipinski definition) is 3. The molecule has 0 aliphatic heterocycles. The fourth-order valence-electron chi connectivity index (χ4n) is 2.45. The van der Waals surface area contributed by atoms with E-state index in [1.54, 1.807) is 11.0 Å². The van der Waals surface area contributed by atoms with E-state index in [1.165, 1.54) is 22.3 Å². The number of nitrogens with one attached hydrogen (secondary N) is 2. The molecule has 1 aromatic heterocycles. The second kappa shape index (κ2) is 7.44. The molecule has 0 aliphatic rings. The largest absolute Gasteiger partial charge is 0.332 e. The molecule has 5 nitrogen and oxygen atoms in total. The summed E-state index contributed by atoms with van der Waals surface area (Å²) in [4.78, 5) is 4.26. The van der Waals surface area contributed by atoms with E-state index in [0.29, 0.717) is 17.6 Å². The van der Waals surface area contributed by atoms with Crippen LogP contribution in [-0.4, -0.2) is 19.9 Å². The lowest BCUT2D eigenvalue weighted by molar-refractivity contribution is 0.687. The van der Waals surface area contributed by atoms with Crippen molar-refractivity contribution in [1.29, 1.82) is 0 Å². The number of aromatic nitrogens is 3. The Hall–Kier alpha value is -2.73. The van der Waals surface area contributed by atoms with Gasteiger partial charge in [-0.25, -0.2) is 9.67 Å². The van der Waals surface area contributed by atoms with Gasteiger partial charge in [0.25, 0.3) is 0 Å². The van der Waals surface area contributed by atoms with Crippen LogP contribution in [0.1, 0.15) is 22.3 Å². The maximum atomic E-state index is 5.36. The van der Waals surface area contributed by atoms with Crippen molar-refractivity contribution in [3.8, 4) is 0 Å². The summed E-state index contributed by atoms with van der Waals surface area (Å²) in [5, 5.41) is 11.1. The number of hydrogen-bond donors (Lipinski definition) is 2. The van der Waals surface area contributed by atoms with Crippen molar-refractivity contribution in [2.75, 3.05) is 10.6 Å². The number of benzene rings is 2. The van der Waals surface area contributed by atoms with Crippen LogP contribution in [0.25, 0.3) is 0 Å². The summed E-state index contributed by atoms with van der Waals surface area (Å²) >= 11 is 5.36. The number of nitrogens with zero attached hydrogens (tertiary/aromatic N) is 3. The Balaban J connectivity index is 1.61. The first kappa shape index (κ1) is 17.1. The van der Waals surface area contributed by atoms with Crippen molar-refractivity contribution < 1.29 is 0 Å². The van der Waals surface area contributed by atoms with Gasteiger partial charge in [0.2, 0.25) is 5.95 Å². The lowest BCUT2D eigenvalue weighted by Gasteiger charge is -2.12. The molecule has 0 saturated carbocycles. The smallest absolute Gasteiger partial charge is 0.248 e. The highest BCUT2D eigenvalue weighted by atomic mass is 32.1. The molecule has 0 bridgehead atoms. The Morgan fingerprint density at radius 1 is 1.04 bits per heavy atom. The van der Waals surface area contributed by atoms with Crippen LogP contribution in [-0.2, 0) is 6.54 Å². The number of thiocarbonyl (C=S) groups is 1. The van der Waals surface area contributed by atoms with Crippen molar-refractivity contribution in [2.24, 2.45) is 0 Å². The highest BCUT2D eigenvalue weighted by Gasteiger charge is 2.06.